The summed E-state index contributed by atoms with van der Waals surface area (Å²) in [5, 5.41) is 13.0. The zero-order valence-corrected chi connectivity index (χ0v) is 14.4. The van der Waals surface area contributed by atoms with Gasteiger partial charge in [0, 0.05) is 0 Å². The van der Waals surface area contributed by atoms with Gasteiger partial charge in [-0.15, -0.1) is 5.10 Å². The Balaban J connectivity index is 1.75. The van der Waals surface area contributed by atoms with Crippen molar-refractivity contribution in [3.05, 3.63) is 71.0 Å². The van der Waals surface area contributed by atoms with E-state index in [1.165, 1.54) is 23.1 Å². The number of hydrogen-bond donors (Lipinski definition) is 1. The van der Waals surface area contributed by atoms with Crippen molar-refractivity contribution in [1.29, 1.82) is 5.26 Å². The molecule has 0 atom stereocenters. The standard InChI is InChI=1S/C16H12ClN5O2S/c17-14-3-1-2-4-15(14)25(23,24)21-16-19-11-22(20-16)10-13-7-5-12(9-18)6-8-13/h1-8,11H,10H2,(H,20,21). The maximum absolute atomic E-state index is 12.3. The third-order valence-electron chi connectivity index (χ3n) is 3.32. The van der Waals surface area contributed by atoms with Gasteiger partial charge in [0.25, 0.3) is 16.0 Å². The van der Waals surface area contributed by atoms with Crippen LogP contribution in [0, 0.1) is 11.3 Å². The summed E-state index contributed by atoms with van der Waals surface area (Å²) in [6, 6.07) is 15.2. The van der Waals surface area contributed by atoms with Crippen molar-refractivity contribution in [1.82, 2.24) is 14.8 Å². The molecule has 9 heteroatoms. The monoisotopic (exact) mass is 373 g/mol. The zero-order valence-electron chi connectivity index (χ0n) is 12.8. The van der Waals surface area contributed by atoms with Crippen LogP contribution in [0.5, 0.6) is 0 Å². The molecule has 0 aliphatic heterocycles. The van der Waals surface area contributed by atoms with Crippen LogP contribution < -0.4 is 4.72 Å². The fourth-order valence-corrected chi connectivity index (χ4v) is 3.59. The van der Waals surface area contributed by atoms with E-state index >= 15 is 0 Å². The largest absolute Gasteiger partial charge is 0.265 e. The number of nitriles is 1. The van der Waals surface area contributed by atoms with Gasteiger partial charge in [-0.2, -0.15) is 10.2 Å². The average molecular weight is 374 g/mol. The fraction of sp³-hybridized carbons (Fsp3) is 0.0625. The van der Waals surface area contributed by atoms with E-state index in [0.29, 0.717) is 12.1 Å². The quantitative estimate of drug-likeness (QED) is 0.740. The number of sulfonamides is 1. The maximum atomic E-state index is 12.3. The summed E-state index contributed by atoms with van der Waals surface area (Å²) in [6.07, 6.45) is 1.42. The Hall–Kier alpha value is -2.89. The van der Waals surface area contributed by atoms with Gasteiger partial charge in [-0.25, -0.2) is 17.8 Å². The van der Waals surface area contributed by atoms with Gasteiger partial charge >= 0.3 is 0 Å². The van der Waals surface area contributed by atoms with Crippen molar-refractivity contribution in [2.75, 3.05) is 4.72 Å². The lowest BCUT2D eigenvalue weighted by molar-refractivity contribution is 0.600. The normalized spacial score (nSPS) is 11.0. The topological polar surface area (TPSA) is 101 Å². The highest BCUT2D eigenvalue weighted by Gasteiger charge is 2.19. The number of rotatable bonds is 5. The molecule has 0 spiro atoms. The molecule has 0 fully saturated rings. The molecule has 25 heavy (non-hydrogen) atoms. The number of halogens is 1. The first-order valence-electron chi connectivity index (χ1n) is 7.14. The van der Waals surface area contributed by atoms with E-state index in [1.54, 1.807) is 36.4 Å². The van der Waals surface area contributed by atoms with Crippen molar-refractivity contribution in [2.24, 2.45) is 0 Å². The smallest absolute Gasteiger partial charge is 0.246 e. The van der Waals surface area contributed by atoms with E-state index in [1.807, 2.05) is 6.07 Å². The molecule has 0 saturated heterocycles. The molecule has 3 rings (SSSR count). The van der Waals surface area contributed by atoms with Gasteiger partial charge < -0.3 is 0 Å². The lowest BCUT2D eigenvalue weighted by atomic mass is 10.1. The molecule has 1 heterocycles. The van der Waals surface area contributed by atoms with Crippen LogP contribution in [0.1, 0.15) is 11.1 Å². The van der Waals surface area contributed by atoms with Crippen molar-refractivity contribution < 1.29 is 8.42 Å². The molecule has 0 unspecified atom stereocenters. The van der Waals surface area contributed by atoms with Crippen LogP contribution in [0.2, 0.25) is 5.02 Å². The fourth-order valence-electron chi connectivity index (χ4n) is 2.13. The zero-order chi connectivity index (χ0) is 17.9. The molecule has 2 aromatic carbocycles. The van der Waals surface area contributed by atoms with E-state index in [-0.39, 0.29) is 15.9 Å². The van der Waals surface area contributed by atoms with Crippen molar-refractivity contribution in [3.63, 3.8) is 0 Å². The molecular formula is C16H12ClN5O2S. The van der Waals surface area contributed by atoms with Crippen molar-refractivity contribution in [2.45, 2.75) is 11.4 Å². The Labute approximate surface area is 149 Å². The van der Waals surface area contributed by atoms with Crippen LogP contribution >= 0.6 is 11.6 Å². The van der Waals surface area contributed by atoms with Gasteiger partial charge in [0.1, 0.15) is 11.2 Å². The summed E-state index contributed by atoms with van der Waals surface area (Å²) in [5.74, 6) is -0.0476. The molecule has 0 bridgehead atoms. The highest BCUT2D eigenvalue weighted by atomic mass is 35.5. The highest BCUT2D eigenvalue weighted by molar-refractivity contribution is 7.92. The van der Waals surface area contributed by atoms with Crippen LogP contribution in [-0.2, 0) is 16.6 Å². The molecule has 0 saturated carbocycles. The maximum Gasteiger partial charge on any atom is 0.265 e. The summed E-state index contributed by atoms with van der Waals surface area (Å²) in [7, 11) is -3.87. The van der Waals surface area contributed by atoms with Gasteiger partial charge in [-0.05, 0) is 29.8 Å². The minimum absolute atomic E-state index is 0.0416. The Kier molecular flexibility index (Phi) is 4.70. The van der Waals surface area contributed by atoms with E-state index in [9.17, 15) is 8.42 Å². The van der Waals surface area contributed by atoms with Crippen LogP contribution in [-0.4, -0.2) is 23.2 Å². The van der Waals surface area contributed by atoms with E-state index in [0.717, 1.165) is 5.56 Å². The molecular weight excluding hydrogens is 362 g/mol. The third-order valence-corrected chi connectivity index (χ3v) is 5.14. The van der Waals surface area contributed by atoms with E-state index < -0.39 is 10.0 Å². The van der Waals surface area contributed by atoms with Crippen LogP contribution in [0.25, 0.3) is 0 Å². The Bertz CT molecular complexity index is 1040. The predicted molar refractivity (Wildman–Crippen MR) is 92.5 cm³/mol. The summed E-state index contributed by atoms with van der Waals surface area (Å²) in [5.41, 5.74) is 1.47. The lowest BCUT2D eigenvalue weighted by Crippen LogP contribution is -2.14. The molecule has 3 aromatic rings. The van der Waals surface area contributed by atoms with Gasteiger partial charge in [0.15, 0.2) is 0 Å². The summed E-state index contributed by atoms with van der Waals surface area (Å²) in [6.45, 7) is 0.395. The number of benzene rings is 2. The first-order chi connectivity index (χ1) is 12.0. The predicted octanol–water partition coefficient (Wildman–Crippen LogP) is 2.65. The Morgan fingerprint density at radius 3 is 2.56 bits per heavy atom. The SMILES string of the molecule is N#Cc1ccc(Cn2cnc(NS(=O)(=O)c3ccccc3Cl)n2)cc1. The van der Waals surface area contributed by atoms with Gasteiger partial charge in [0.05, 0.1) is 23.2 Å². The minimum Gasteiger partial charge on any atom is -0.246 e. The van der Waals surface area contributed by atoms with E-state index in [4.69, 9.17) is 16.9 Å². The summed E-state index contributed by atoms with van der Waals surface area (Å²) >= 11 is 5.92. The Morgan fingerprint density at radius 1 is 1.16 bits per heavy atom. The second-order valence-electron chi connectivity index (χ2n) is 5.11. The van der Waals surface area contributed by atoms with Gasteiger partial charge in [0.2, 0.25) is 0 Å². The number of hydrogen-bond acceptors (Lipinski definition) is 5. The number of anilines is 1. The second-order valence-corrected chi connectivity index (χ2v) is 7.17. The second kappa shape index (κ2) is 6.93. The molecule has 1 aromatic heterocycles. The highest BCUT2D eigenvalue weighted by Crippen LogP contribution is 2.22. The third kappa shape index (κ3) is 3.96. The van der Waals surface area contributed by atoms with Crippen molar-refractivity contribution >= 4 is 27.6 Å². The summed E-state index contributed by atoms with van der Waals surface area (Å²) in [4.78, 5) is 3.91. The molecule has 0 amide bonds. The summed E-state index contributed by atoms with van der Waals surface area (Å²) < 4.78 is 28.5. The molecule has 0 aliphatic carbocycles. The van der Waals surface area contributed by atoms with Gasteiger partial charge in [-0.1, -0.05) is 35.9 Å². The number of nitrogens with zero attached hydrogens (tertiary/aromatic N) is 4. The minimum atomic E-state index is -3.87. The first-order valence-corrected chi connectivity index (χ1v) is 9.00. The van der Waals surface area contributed by atoms with E-state index in [2.05, 4.69) is 14.8 Å². The molecule has 1 N–H and O–H groups in total. The van der Waals surface area contributed by atoms with Crippen LogP contribution in [0.3, 0.4) is 0 Å². The number of nitrogens with one attached hydrogen (secondary N) is 1. The van der Waals surface area contributed by atoms with Crippen LogP contribution in [0.15, 0.2) is 59.8 Å². The molecule has 0 aliphatic rings. The van der Waals surface area contributed by atoms with Gasteiger partial charge in [-0.3, -0.25) is 0 Å². The molecule has 126 valence electrons. The van der Waals surface area contributed by atoms with Crippen LogP contribution in [0.4, 0.5) is 5.95 Å². The first kappa shape index (κ1) is 17.0. The average Bonchev–Trinajstić information content (AvgIpc) is 3.02. The van der Waals surface area contributed by atoms with Crippen molar-refractivity contribution in [3.8, 4) is 6.07 Å². The Morgan fingerprint density at radius 2 is 1.88 bits per heavy atom. The lowest BCUT2D eigenvalue weighted by Gasteiger charge is -2.06. The number of aromatic nitrogens is 3. The molecule has 0 radical (unpaired) electrons. The molecule has 7 nitrogen and oxygen atoms in total.